The van der Waals surface area contributed by atoms with Crippen molar-refractivity contribution in [2.75, 3.05) is 7.11 Å². The molecule has 6 heteroatoms. The Morgan fingerprint density at radius 2 is 2.12 bits per heavy atom. The highest BCUT2D eigenvalue weighted by Crippen LogP contribution is 2.41. The molecule has 0 aliphatic carbocycles. The summed E-state index contributed by atoms with van der Waals surface area (Å²) in [4.78, 5) is 22.8. The van der Waals surface area contributed by atoms with Crippen LogP contribution in [0.25, 0.3) is 0 Å². The molecule has 90 valence electrons. The first kappa shape index (κ1) is 12.3. The monoisotopic (exact) mass is 271 g/mol. The quantitative estimate of drug-likeness (QED) is 0.898. The van der Waals surface area contributed by atoms with E-state index in [1.165, 1.54) is 7.11 Å². The molecule has 1 aromatic carbocycles. The van der Waals surface area contributed by atoms with Gasteiger partial charge in [0, 0.05) is 10.6 Å². The first-order chi connectivity index (χ1) is 8.02. The van der Waals surface area contributed by atoms with Gasteiger partial charge in [0.1, 0.15) is 11.0 Å². The molecule has 0 aromatic heterocycles. The van der Waals surface area contributed by atoms with Gasteiger partial charge in [-0.1, -0.05) is 11.6 Å². The minimum absolute atomic E-state index is 0.333. The van der Waals surface area contributed by atoms with Gasteiger partial charge in [-0.05, 0) is 36.4 Å². The molecule has 17 heavy (non-hydrogen) atoms. The van der Waals surface area contributed by atoms with Crippen LogP contribution >= 0.6 is 23.4 Å². The van der Waals surface area contributed by atoms with Crippen LogP contribution in [-0.2, 0) is 4.79 Å². The molecule has 0 spiro atoms. The van der Waals surface area contributed by atoms with E-state index in [0.29, 0.717) is 16.3 Å². The minimum Gasteiger partial charge on any atom is -0.496 e. The highest BCUT2D eigenvalue weighted by Gasteiger charge is 2.35. The van der Waals surface area contributed by atoms with Gasteiger partial charge in [-0.15, -0.1) is 0 Å². The molecule has 2 rings (SSSR count). The molecular formula is C11H10ClNO3S. The summed E-state index contributed by atoms with van der Waals surface area (Å²) in [5, 5.41) is 1.83. The van der Waals surface area contributed by atoms with Gasteiger partial charge in [-0.3, -0.25) is 14.9 Å². The average Bonchev–Trinajstić information content (AvgIpc) is 2.56. The molecule has 1 aliphatic heterocycles. The number of carbonyl (C=O) groups is 2. The molecule has 0 saturated carbocycles. The number of carbonyl (C=O) groups excluding carboxylic acids is 2. The number of halogens is 1. The molecule has 1 fully saturated rings. The maximum atomic E-state index is 11.6. The van der Waals surface area contributed by atoms with Crippen LogP contribution in [-0.4, -0.2) is 18.3 Å². The van der Waals surface area contributed by atoms with Crippen molar-refractivity contribution in [3.05, 3.63) is 28.3 Å². The van der Waals surface area contributed by atoms with Crippen LogP contribution in [0, 0.1) is 6.92 Å². The van der Waals surface area contributed by atoms with Crippen LogP contribution < -0.4 is 10.1 Å². The second-order valence-corrected chi connectivity index (χ2v) is 5.13. The lowest BCUT2D eigenvalue weighted by Crippen LogP contribution is -2.20. The number of hydrogen-bond donors (Lipinski definition) is 1. The third kappa shape index (κ3) is 2.25. The van der Waals surface area contributed by atoms with Crippen molar-refractivity contribution in [1.29, 1.82) is 0 Å². The number of rotatable bonds is 2. The fourth-order valence-electron chi connectivity index (χ4n) is 1.79. The smallest absolute Gasteiger partial charge is 0.286 e. The van der Waals surface area contributed by atoms with E-state index < -0.39 is 5.25 Å². The van der Waals surface area contributed by atoms with Crippen molar-refractivity contribution in [2.45, 2.75) is 12.2 Å². The Bertz CT molecular complexity index is 504. The number of methoxy groups -OCH3 is 1. The average molecular weight is 272 g/mol. The van der Waals surface area contributed by atoms with Crippen LogP contribution in [0.5, 0.6) is 5.75 Å². The molecule has 2 amide bonds. The number of thioether (sulfide) groups is 1. The Kier molecular flexibility index (Phi) is 3.31. The van der Waals surface area contributed by atoms with Crippen molar-refractivity contribution in [2.24, 2.45) is 0 Å². The molecule has 0 radical (unpaired) electrons. The molecule has 1 aromatic rings. The Labute approximate surface area is 108 Å². The van der Waals surface area contributed by atoms with Crippen molar-refractivity contribution in [3.63, 3.8) is 0 Å². The zero-order valence-corrected chi connectivity index (χ0v) is 10.8. The number of amides is 2. The lowest BCUT2D eigenvalue weighted by Gasteiger charge is -2.14. The maximum absolute atomic E-state index is 11.6. The molecule has 4 nitrogen and oxygen atoms in total. The van der Waals surface area contributed by atoms with Crippen molar-refractivity contribution in [1.82, 2.24) is 5.32 Å². The van der Waals surface area contributed by atoms with Crippen LogP contribution in [0.2, 0.25) is 5.02 Å². The third-order valence-corrected chi connectivity index (χ3v) is 3.68. The number of hydrogen-bond acceptors (Lipinski definition) is 4. The summed E-state index contributed by atoms with van der Waals surface area (Å²) in [6.07, 6.45) is 0. The van der Waals surface area contributed by atoms with E-state index >= 15 is 0 Å². The van der Waals surface area contributed by atoms with E-state index in [4.69, 9.17) is 16.3 Å². The number of nitrogens with one attached hydrogen (secondary N) is 1. The summed E-state index contributed by atoms with van der Waals surface area (Å²) in [5.74, 6) is 0.261. The van der Waals surface area contributed by atoms with Gasteiger partial charge in [-0.25, -0.2) is 0 Å². The number of aryl methyl sites for hydroxylation is 1. The molecule has 1 N–H and O–H groups in total. The largest absolute Gasteiger partial charge is 0.496 e. The lowest BCUT2D eigenvalue weighted by atomic mass is 10.1. The van der Waals surface area contributed by atoms with E-state index in [0.717, 1.165) is 17.3 Å². The van der Waals surface area contributed by atoms with Gasteiger partial charge in [0.25, 0.3) is 5.24 Å². The summed E-state index contributed by atoms with van der Waals surface area (Å²) in [6.45, 7) is 1.84. The fraction of sp³-hybridized carbons (Fsp3) is 0.273. The van der Waals surface area contributed by atoms with Gasteiger partial charge >= 0.3 is 0 Å². The van der Waals surface area contributed by atoms with Gasteiger partial charge in [0.05, 0.1) is 7.11 Å². The third-order valence-electron chi connectivity index (χ3n) is 2.44. The summed E-state index contributed by atoms with van der Waals surface area (Å²) in [6, 6.07) is 3.41. The first-order valence-electron chi connectivity index (χ1n) is 4.88. The number of imide groups is 1. The van der Waals surface area contributed by atoms with E-state index in [9.17, 15) is 9.59 Å². The SMILES string of the molecule is COc1c(C)cc(Cl)cc1C1SC(=O)NC1=O. The summed E-state index contributed by atoms with van der Waals surface area (Å²) < 4.78 is 5.26. The van der Waals surface area contributed by atoms with Gasteiger partial charge in [0.15, 0.2) is 0 Å². The molecular weight excluding hydrogens is 262 g/mol. The van der Waals surface area contributed by atoms with Crippen LogP contribution in [0.15, 0.2) is 12.1 Å². The molecule has 1 unspecified atom stereocenters. The Morgan fingerprint density at radius 1 is 1.41 bits per heavy atom. The maximum Gasteiger partial charge on any atom is 0.286 e. The van der Waals surface area contributed by atoms with Crippen molar-refractivity contribution in [3.8, 4) is 5.75 Å². The number of ether oxygens (including phenoxy) is 1. The standard InChI is InChI=1S/C11H10ClNO3S/c1-5-3-6(12)4-7(8(5)16-2)9-10(14)13-11(15)17-9/h3-4,9H,1-2H3,(H,13,14,15). The van der Waals surface area contributed by atoms with Crippen LogP contribution in [0.3, 0.4) is 0 Å². The predicted octanol–water partition coefficient (Wildman–Crippen LogP) is 2.68. The first-order valence-corrected chi connectivity index (χ1v) is 6.14. The zero-order chi connectivity index (χ0) is 12.6. The fourth-order valence-corrected chi connectivity index (χ4v) is 2.91. The van der Waals surface area contributed by atoms with E-state index in [2.05, 4.69) is 5.32 Å². The van der Waals surface area contributed by atoms with Gasteiger partial charge < -0.3 is 4.74 Å². The zero-order valence-electron chi connectivity index (χ0n) is 9.24. The molecule has 0 bridgehead atoms. The van der Waals surface area contributed by atoms with E-state index in [1.54, 1.807) is 12.1 Å². The molecule has 1 atom stereocenters. The normalized spacial score (nSPS) is 19.4. The second kappa shape index (κ2) is 4.58. The van der Waals surface area contributed by atoms with Gasteiger partial charge in [0.2, 0.25) is 5.91 Å². The van der Waals surface area contributed by atoms with E-state index in [1.807, 2.05) is 6.92 Å². The topological polar surface area (TPSA) is 55.4 Å². The van der Waals surface area contributed by atoms with E-state index in [-0.39, 0.29) is 11.1 Å². The lowest BCUT2D eigenvalue weighted by molar-refractivity contribution is -0.119. The second-order valence-electron chi connectivity index (χ2n) is 3.62. The van der Waals surface area contributed by atoms with Crippen molar-refractivity contribution < 1.29 is 14.3 Å². The van der Waals surface area contributed by atoms with Crippen molar-refractivity contribution >= 4 is 34.5 Å². The Hall–Kier alpha value is -1.20. The van der Waals surface area contributed by atoms with Crippen LogP contribution in [0.1, 0.15) is 16.4 Å². The molecule has 1 heterocycles. The summed E-state index contributed by atoms with van der Waals surface area (Å²) >= 11 is 6.90. The number of benzene rings is 1. The Morgan fingerprint density at radius 3 is 2.65 bits per heavy atom. The van der Waals surface area contributed by atoms with Crippen LogP contribution in [0.4, 0.5) is 4.79 Å². The molecule has 1 saturated heterocycles. The highest BCUT2D eigenvalue weighted by molar-refractivity contribution is 8.15. The predicted molar refractivity (Wildman–Crippen MR) is 66.6 cm³/mol. The molecule has 1 aliphatic rings. The summed E-state index contributed by atoms with van der Waals surface area (Å²) in [5.41, 5.74) is 1.47. The minimum atomic E-state index is -0.588. The highest BCUT2D eigenvalue weighted by atomic mass is 35.5. The Balaban J connectivity index is 2.51. The summed E-state index contributed by atoms with van der Waals surface area (Å²) in [7, 11) is 1.53. The van der Waals surface area contributed by atoms with Gasteiger partial charge in [-0.2, -0.15) is 0 Å².